The Morgan fingerprint density at radius 2 is 1.72 bits per heavy atom. The molecule has 0 bridgehead atoms. The van der Waals surface area contributed by atoms with Crippen LogP contribution in [0.25, 0.3) is 10.9 Å². The summed E-state index contributed by atoms with van der Waals surface area (Å²) in [6, 6.07) is 16.1. The second-order valence-electron chi connectivity index (χ2n) is 10.7. The Labute approximate surface area is 213 Å². The van der Waals surface area contributed by atoms with Crippen LogP contribution in [0.4, 0.5) is 0 Å². The molecule has 2 aliphatic rings. The lowest BCUT2D eigenvalue weighted by Gasteiger charge is -2.45. The van der Waals surface area contributed by atoms with Crippen molar-refractivity contribution in [1.29, 1.82) is 0 Å². The molecule has 2 aromatic carbocycles. The molecule has 3 aromatic rings. The first kappa shape index (κ1) is 24.4. The molecular formula is C30H37N3O3. The van der Waals surface area contributed by atoms with Gasteiger partial charge in [0, 0.05) is 24.0 Å². The number of hydrogen-bond donors (Lipinski definition) is 1. The van der Waals surface area contributed by atoms with Crippen LogP contribution < -0.4 is 10.1 Å². The molecule has 1 atom stereocenters. The lowest BCUT2D eigenvalue weighted by molar-refractivity contribution is -0.134. The highest BCUT2D eigenvalue weighted by Gasteiger charge is 2.48. The summed E-state index contributed by atoms with van der Waals surface area (Å²) in [6.07, 6.45) is 8.01. The number of aromatic nitrogens is 1. The lowest BCUT2D eigenvalue weighted by atomic mass is 9.91. The summed E-state index contributed by atoms with van der Waals surface area (Å²) >= 11 is 0. The van der Waals surface area contributed by atoms with Gasteiger partial charge in [-0.25, -0.2) is 0 Å². The van der Waals surface area contributed by atoms with Gasteiger partial charge in [-0.3, -0.25) is 9.59 Å². The van der Waals surface area contributed by atoms with Gasteiger partial charge in [0.05, 0.1) is 19.2 Å². The number of methoxy groups -OCH3 is 1. The van der Waals surface area contributed by atoms with Gasteiger partial charge in [-0.05, 0) is 50.5 Å². The van der Waals surface area contributed by atoms with Crippen molar-refractivity contribution in [3.63, 3.8) is 0 Å². The molecule has 5 rings (SSSR count). The zero-order chi connectivity index (χ0) is 25.3. The van der Waals surface area contributed by atoms with Crippen LogP contribution >= 0.6 is 0 Å². The summed E-state index contributed by atoms with van der Waals surface area (Å²) in [4.78, 5) is 29.8. The van der Waals surface area contributed by atoms with Gasteiger partial charge in [0.1, 0.15) is 17.0 Å². The highest BCUT2D eigenvalue weighted by atomic mass is 16.5. The number of carbonyl (C=O) groups excluding carboxylic acids is 2. The minimum absolute atomic E-state index is 0.0658. The molecule has 36 heavy (non-hydrogen) atoms. The van der Waals surface area contributed by atoms with Crippen LogP contribution in [0.15, 0.2) is 48.5 Å². The maximum atomic E-state index is 14.0. The number of amides is 2. The fourth-order valence-corrected chi connectivity index (χ4v) is 5.72. The molecule has 1 aliphatic carbocycles. The number of rotatable bonds is 5. The summed E-state index contributed by atoms with van der Waals surface area (Å²) in [7, 11) is 1.64. The summed E-state index contributed by atoms with van der Waals surface area (Å²) in [5, 5.41) is 4.34. The molecule has 1 N–H and O–H groups in total. The van der Waals surface area contributed by atoms with Crippen LogP contribution in [-0.4, -0.2) is 40.0 Å². The zero-order valence-electron chi connectivity index (χ0n) is 21.7. The minimum Gasteiger partial charge on any atom is -0.497 e. The summed E-state index contributed by atoms with van der Waals surface area (Å²) in [5.74, 6) is 0.551. The number of hydrogen-bond acceptors (Lipinski definition) is 3. The van der Waals surface area contributed by atoms with E-state index in [0.717, 1.165) is 47.9 Å². The highest BCUT2D eigenvalue weighted by Crippen LogP contribution is 2.35. The van der Waals surface area contributed by atoms with Crippen molar-refractivity contribution >= 4 is 22.7 Å². The average Bonchev–Trinajstić information content (AvgIpc) is 3.22. The van der Waals surface area contributed by atoms with Crippen LogP contribution in [0, 0.1) is 6.92 Å². The lowest BCUT2D eigenvalue weighted by Crippen LogP contribution is -2.64. The van der Waals surface area contributed by atoms with Gasteiger partial charge in [0.25, 0.3) is 5.91 Å². The molecule has 1 aliphatic heterocycles. The van der Waals surface area contributed by atoms with E-state index in [4.69, 9.17) is 4.74 Å². The Morgan fingerprint density at radius 3 is 2.42 bits per heavy atom. The molecule has 2 amide bonds. The van der Waals surface area contributed by atoms with Gasteiger partial charge in [0.2, 0.25) is 5.91 Å². The van der Waals surface area contributed by atoms with E-state index in [9.17, 15) is 9.59 Å². The fraction of sp³-hybridized carbons (Fsp3) is 0.467. The van der Waals surface area contributed by atoms with Crippen molar-refractivity contribution in [3.8, 4) is 5.75 Å². The summed E-state index contributed by atoms with van der Waals surface area (Å²) in [6.45, 7) is 4.76. The second-order valence-corrected chi connectivity index (χ2v) is 10.7. The van der Waals surface area contributed by atoms with Gasteiger partial charge in [-0.1, -0.05) is 61.9 Å². The van der Waals surface area contributed by atoms with E-state index in [2.05, 4.69) is 24.4 Å². The molecular weight excluding hydrogens is 450 g/mol. The first-order chi connectivity index (χ1) is 17.4. The number of ether oxygens (including phenoxy) is 1. The smallest absolute Gasteiger partial charge is 0.271 e. The molecule has 190 valence electrons. The maximum absolute atomic E-state index is 14.0. The SMILES string of the molecule is COc1ccc2cc3n(c2c1)C[C@@](C)(C(=O)NC1CCCCCCC1)N(Cc1ccc(C)cc1)C3=O. The molecule has 0 saturated heterocycles. The highest BCUT2D eigenvalue weighted by molar-refractivity contribution is 6.03. The number of carbonyl (C=O) groups is 2. The molecule has 2 heterocycles. The predicted octanol–water partition coefficient (Wildman–Crippen LogP) is 5.60. The van der Waals surface area contributed by atoms with Crippen LogP contribution in [0.2, 0.25) is 0 Å². The average molecular weight is 488 g/mol. The van der Waals surface area contributed by atoms with Crippen molar-refractivity contribution in [3.05, 3.63) is 65.4 Å². The predicted molar refractivity (Wildman–Crippen MR) is 142 cm³/mol. The first-order valence-corrected chi connectivity index (χ1v) is 13.2. The maximum Gasteiger partial charge on any atom is 0.271 e. The third-order valence-corrected chi connectivity index (χ3v) is 8.03. The van der Waals surface area contributed by atoms with Crippen LogP contribution in [-0.2, 0) is 17.9 Å². The Morgan fingerprint density at radius 1 is 1.03 bits per heavy atom. The van der Waals surface area contributed by atoms with Crippen molar-refractivity contribution in [2.45, 2.75) is 83.5 Å². The topological polar surface area (TPSA) is 63.6 Å². The number of benzene rings is 2. The Hall–Kier alpha value is -3.28. The monoisotopic (exact) mass is 487 g/mol. The molecule has 6 heteroatoms. The number of fused-ring (bicyclic) bond motifs is 3. The standard InChI is InChI=1S/C30H37N3O3/c1-21-11-13-22(14-12-21)19-33-28(34)27-17-23-15-16-25(36-3)18-26(23)32(27)20-30(33,2)29(35)31-24-9-7-5-4-6-8-10-24/h11-18,24H,4-10,19-20H2,1-3H3,(H,31,35)/t30-/m0/s1. The van der Waals surface area contributed by atoms with Gasteiger partial charge >= 0.3 is 0 Å². The number of aryl methyl sites for hydroxylation is 1. The van der Waals surface area contributed by atoms with Crippen molar-refractivity contribution in [1.82, 2.24) is 14.8 Å². The van der Waals surface area contributed by atoms with E-state index in [-0.39, 0.29) is 17.9 Å². The molecule has 1 saturated carbocycles. The van der Waals surface area contributed by atoms with Crippen LogP contribution in [0.5, 0.6) is 5.75 Å². The third kappa shape index (κ3) is 4.61. The molecule has 6 nitrogen and oxygen atoms in total. The van der Waals surface area contributed by atoms with E-state index in [1.54, 1.807) is 12.0 Å². The molecule has 1 fully saturated rings. The van der Waals surface area contributed by atoms with E-state index in [1.165, 1.54) is 24.8 Å². The van der Waals surface area contributed by atoms with Gasteiger partial charge < -0.3 is 19.5 Å². The minimum atomic E-state index is -1.02. The van der Waals surface area contributed by atoms with Crippen molar-refractivity contribution in [2.24, 2.45) is 0 Å². The second kappa shape index (κ2) is 10.00. The quantitative estimate of drug-likeness (QED) is 0.509. The third-order valence-electron chi connectivity index (χ3n) is 8.03. The fourth-order valence-electron chi connectivity index (χ4n) is 5.72. The molecule has 1 aromatic heterocycles. The normalized spacial score (nSPS) is 21.1. The number of nitrogens with zero attached hydrogens (tertiary/aromatic N) is 2. The van der Waals surface area contributed by atoms with Crippen LogP contribution in [0.3, 0.4) is 0 Å². The van der Waals surface area contributed by atoms with Crippen molar-refractivity contribution in [2.75, 3.05) is 7.11 Å². The zero-order valence-corrected chi connectivity index (χ0v) is 21.7. The summed E-state index contributed by atoms with van der Waals surface area (Å²) in [5.41, 5.74) is 2.69. The molecule has 0 radical (unpaired) electrons. The van der Waals surface area contributed by atoms with Crippen molar-refractivity contribution < 1.29 is 14.3 Å². The Bertz CT molecular complexity index is 1250. The van der Waals surface area contributed by atoms with E-state index < -0.39 is 5.54 Å². The molecule has 0 unspecified atom stereocenters. The van der Waals surface area contributed by atoms with Crippen LogP contribution in [0.1, 0.15) is 73.5 Å². The largest absolute Gasteiger partial charge is 0.497 e. The first-order valence-electron chi connectivity index (χ1n) is 13.2. The van der Waals surface area contributed by atoms with E-state index in [1.807, 2.05) is 47.9 Å². The Kier molecular flexibility index (Phi) is 6.78. The van der Waals surface area contributed by atoms with Gasteiger partial charge in [0.15, 0.2) is 0 Å². The molecule has 0 spiro atoms. The number of nitrogens with one attached hydrogen (secondary N) is 1. The van der Waals surface area contributed by atoms with Gasteiger partial charge in [-0.15, -0.1) is 0 Å². The van der Waals surface area contributed by atoms with Gasteiger partial charge in [-0.2, -0.15) is 0 Å². The van der Waals surface area contributed by atoms with E-state index >= 15 is 0 Å². The van der Waals surface area contributed by atoms with E-state index in [0.29, 0.717) is 18.8 Å². The summed E-state index contributed by atoms with van der Waals surface area (Å²) < 4.78 is 7.46. The Balaban J connectivity index is 1.53.